The van der Waals surface area contributed by atoms with E-state index in [9.17, 15) is 8.42 Å². The maximum absolute atomic E-state index is 11.7. The van der Waals surface area contributed by atoms with Gasteiger partial charge >= 0.3 is 0 Å². The van der Waals surface area contributed by atoms with Crippen LogP contribution in [0.25, 0.3) is 0 Å². The molecule has 70 valence electrons. The van der Waals surface area contributed by atoms with Crippen LogP contribution in [0.1, 0.15) is 12.5 Å². The molecule has 0 atom stereocenters. The highest BCUT2D eigenvalue weighted by Gasteiger charge is 2.32. The summed E-state index contributed by atoms with van der Waals surface area (Å²) in [6, 6.07) is 7.16. The standard InChI is InChI=1S/C9H11NO2S/c1-2-10-7-8-5-3-4-6-9(8)13(10,11)12/h3-6H,2,7H2,1H3. The fourth-order valence-corrected chi connectivity index (χ4v) is 3.22. The Morgan fingerprint density at radius 2 is 2.08 bits per heavy atom. The van der Waals surface area contributed by atoms with E-state index in [4.69, 9.17) is 0 Å². The van der Waals surface area contributed by atoms with Gasteiger partial charge in [-0.25, -0.2) is 8.42 Å². The van der Waals surface area contributed by atoms with Crippen LogP contribution in [0.3, 0.4) is 0 Å². The summed E-state index contributed by atoms with van der Waals surface area (Å²) in [4.78, 5) is 0.469. The lowest BCUT2D eigenvalue weighted by molar-refractivity contribution is 0.443. The predicted molar refractivity (Wildman–Crippen MR) is 49.7 cm³/mol. The molecule has 0 spiro atoms. The van der Waals surface area contributed by atoms with Gasteiger partial charge in [0.2, 0.25) is 10.0 Å². The van der Waals surface area contributed by atoms with Crippen LogP contribution in [0.2, 0.25) is 0 Å². The van der Waals surface area contributed by atoms with Gasteiger partial charge in [-0.3, -0.25) is 0 Å². The zero-order valence-electron chi connectivity index (χ0n) is 7.40. The van der Waals surface area contributed by atoms with E-state index in [1.54, 1.807) is 12.1 Å². The molecule has 0 N–H and O–H groups in total. The Hall–Kier alpha value is -0.870. The molecule has 0 unspecified atom stereocenters. The molecule has 1 aliphatic heterocycles. The number of rotatable bonds is 1. The highest BCUT2D eigenvalue weighted by Crippen LogP contribution is 2.28. The summed E-state index contributed by atoms with van der Waals surface area (Å²) < 4.78 is 25.0. The van der Waals surface area contributed by atoms with Crippen LogP contribution in [0.4, 0.5) is 0 Å². The first kappa shape index (κ1) is 8.72. The molecule has 0 bridgehead atoms. The molecular weight excluding hydrogens is 186 g/mol. The zero-order chi connectivity index (χ0) is 9.47. The summed E-state index contributed by atoms with van der Waals surface area (Å²) >= 11 is 0. The van der Waals surface area contributed by atoms with Gasteiger partial charge in [-0.2, -0.15) is 4.31 Å². The first-order valence-corrected chi connectivity index (χ1v) is 5.68. The molecule has 0 saturated heterocycles. The molecule has 1 aromatic carbocycles. The number of sulfonamides is 1. The maximum atomic E-state index is 11.7. The van der Waals surface area contributed by atoms with Crippen molar-refractivity contribution in [3.05, 3.63) is 29.8 Å². The Morgan fingerprint density at radius 1 is 1.38 bits per heavy atom. The van der Waals surface area contributed by atoms with Gasteiger partial charge in [-0.1, -0.05) is 25.1 Å². The highest BCUT2D eigenvalue weighted by atomic mass is 32.2. The van der Waals surface area contributed by atoms with Crippen molar-refractivity contribution in [1.29, 1.82) is 0 Å². The fourth-order valence-electron chi connectivity index (χ4n) is 1.58. The lowest BCUT2D eigenvalue weighted by Crippen LogP contribution is -2.23. The largest absolute Gasteiger partial charge is 0.243 e. The fraction of sp³-hybridized carbons (Fsp3) is 0.333. The molecule has 2 rings (SSSR count). The van der Waals surface area contributed by atoms with Gasteiger partial charge in [0.25, 0.3) is 0 Å². The van der Waals surface area contributed by atoms with E-state index < -0.39 is 10.0 Å². The third-order valence-corrected chi connectivity index (χ3v) is 4.31. The van der Waals surface area contributed by atoms with E-state index in [1.807, 2.05) is 19.1 Å². The first-order chi connectivity index (χ1) is 6.16. The molecule has 3 nitrogen and oxygen atoms in total. The number of hydrogen-bond acceptors (Lipinski definition) is 2. The molecule has 4 heteroatoms. The molecular formula is C9H11NO2S. The summed E-state index contributed by atoms with van der Waals surface area (Å²) in [6.07, 6.45) is 0. The third-order valence-electron chi connectivity index (χ3n) is 2.29. The lowest BCUT2D eigenvalue weighted by atomic mass is 10.2. The van der Waals surface area contributed by atoms with Crippen molar-refractivity contribution < 1.29 is 8.42 Å². The molecule has 1 aromatic rings. The van der Waals surface area contributed by atoms with Crippen molar-refractivity contribution in [2.24, 2.45) is 0 Å². The Morgan fingerprint density at radius 3 is 2.69 bits per heavy atom. The Labute approximate surface area is 78.0 Å². The van der Waals surface area contributed by atoms with Crippen LogP contribution in [0.15, 0.2) is 29.2 Å². The van der Waals surface area contributed by atoms with Gasteiger partial charge in [-0.05, 0) is 11.6 Å². The second-order valence-electron chi connectivity index (χ2n) is 3.04. The van der Waals surface area contributed by atoms with E-state index >= 15 is 0 Å². The minimum atomic E-state index is -3.16. The second kappa shape index (κ2) is 2.82. The Kier molecular flexibility index (Phi) is 1.89. The minimum absolute atomic E-state index is 0.469. The maximum Gasteiger partial charge on any atom is 0.243 e. The monoisotopic (exact) mass is 197 g/mol. The summed E-state index contributed by atoms with van der Waals surface area (Å²) in [6.45, 7) is 2.91. The van der Waals surface area contributed by atoms with Crippen molar-refractivity contribution in [1.82, 2.24) is 4.31 Å². The molecule has 13 heavy (non-hydrogen) atoms. The van der Waals surface area contributed by atoms with Crippen LogP contribution in [-0.4, -0.2) is 19.3 Å². The smallest absolute Gasteiger partial charge is 0.207 e. The normalized spacial score (nSPS) is 20.1. The summed E-state index contributed by atoms with van der Waals surface area (Å²) in [5.74, 6) is 0. The van der Waals surface area contributed by atoms with Crippen LogP contribution >= 0.6 is 0 Å². The van der Waals surface area contributed by atoms with Gasteiger partial charge in [0.15, 0.2) is 0 Å². The van der Waals surface area contributed by atoms with Crippen molar-refractivity contribution in [3.8, 4) is 0 Å². The number of benzene rings is 1. The van der Waals surface area contributed by atoms with E-state index in [-0.39, 0.29) is 0 Å². The average molecular weight is 197 g/mol. The van der Waals surface area contributed by atoms with E-state index in [2.05, 4.69) is 0 Å². The zero-order valence-corrected chi connectivity index (χ0v) is 8.21. The molecule has 0 aliphatic carbocycles. The second-order valence-corrected chi connectivity index (χ2v) is 4.95. The Bertz CT molecular complexity index is 425. The minimum Gasteiger partial charge on any atom is -0.207 e. The number of nitrogens with zero attached hydrogens (tertiary/aromatic N) is 1. The summed E-state index contributed by atoms with van der Waals surface area (Å²) in [7, 11) is -3.16. The van der Waals surface area contributed by atoms with Crippen molar-refractivity contribution in [2.45, 2.75) is 18.4 Å². The molecule has 0 fully saturated rings. The van der Waals surface area contributed by atoms with Crippen molar-refractivity contribution in [3.63, 3.8) is 0 Å². The Balaban J connectivity index is 2.60. The van der Waals surface area contributed by atoms with Gasteiger partial charge in [0, 0.05) is 13.1 Å². The van der Waals surface area contributed by atoms with Gasteiger partial charge in [0.05, 0.1) is 4.90 Å². The highest BCUT2D eigenvalue weighted by molar-refractivity contribution is 7.89. The predicted octanol–water partition coefficient (Wildman–Crippen LogP) is 1.21. The lowest BCUT2D eigenvalue weighted by Gasteiger charge is -2.09. The van der Waals surface area contributed by atoms with Gasteiger partial charge in [0.1, 0.15) is 0 Å². The molecule has 0 saturated carbocycles. The molecule has 0 amide bonds. The molecule has 0 aromatic heterocycles. The van der Waals surface area contributed by atoms with Crippen LogP contribution in [-0.2, 0) is 16.6 Å². The van der Waals surface area contributed by atoms with Crippen molar-refractivity contribution in [2.75, 3.05) is 6.54 Å². The van der Waals surface area contributed by atoms with Crippen LogP contribution in [0, 0.1) is 0 Å². The van der Waals surface area contributed by atoms with E-state index in [0.717, 1.165) is 5.56 Å². The summed E-state index contributed by atoms with van der Waals surface area (Å²) in [5, 5.41) is 0. The first-order valence-electron chi connectivity index (χ1n) is 4.24. The van der Waals surface area contributed by atoms with Crippen LogP contribution in [0.5, 0.6) is 0 Å². The van der Waals surface area contributed by atoms with E-state index in [1.165, 1.54) is 4.31 Å². The third kappa shape index (κ3) is 1.17. The summed E-state index contributed by atoms with van der Waals surface area (Å²) in [5.41, 5.74) is 0.907. The van der Waals surface area contributed by atoms with E-state index in [0.29, 0.717) is 18.0 Å². The van der Waals surface area contributed by atoms with Crippen LogP contribution < -0.4 is 0 Å². The number of hydrogen-bond donors (Lipinski definition) is 0. The number of fused-ring (bicyclic) bond motifs is 1. The van der Waals surface area contributed by atoms with Gasteiger partial charge < -0.3 is 0 Å². The average Bonchev–Trinajstić information content (AvgIpc) is 2.39. The molecule has 1 heterocycles. The van der Waals surface area contributed by atoms with Crippen molar-refractivity contribution >= 4 is 10.0 Å². The quantitative estimate of drug-likeness (QED) is 0.678. The SMILES string of the molecule is CCN1Cc2ccccc2S1(=O)=O. The molecule has 1 aliphatic rings. The van der Waals surface area contributed by atoms with Gasteiger partial charge in [-0.15, -0.1) is 0 Å². The topological polar surface area (TPSA) is 37.4 Å². The molecule has 0 radical (unpaired) electrons.